The number of aromatic nitrogens is 8. The molecule has 11 heteroatoms. The second kappa shape index (κ2) is 32.2. The highest BCUT2D eigenvalue weighted by atomic mass is 32.1. The first-order valence-corrected chi connectivity index (χ1v) is 48.9. The van der Waals surface area contributed by atoms with Crippen molar-refractivity contribution in [3.63, 3.8) is 0 Å². The standard InChI is InChI=1S/C48H32N4S.2C39H24N2S/c1-48(2)39-23-10-6-17-31(39)35-21-14-22-36(43(35)48)46-49-45(29-15-4-3-5-16-29)50-47(51-46)38-28-30(27-37-34-20-9-13-26-42(34)53-44(37)38)52-40-24-11-7-18-32(40)33-19-8-12-25-41(33)52;1-2-12-25(13-3-1)35-24-31(27-14-4-8-18-34(27)40-35)33-23-26(22-32-30-17-7-11-21-38(30)42-39(32)33)41-36-19-9-5-15-28(36)29-16-6-10-20-37(29)41;1-2-12-25(13-3-1)31-24-35(40-34-18-8-4-14-27(31)34)33-23-26(22-32-30-17-7-11-21-38(30)42-39(32)33)41-36-19-9-5-15-28(36)29-16-6-10-20-37(29)41/h3-28H,1-2H3;2*1-24H. The highest BCUT2D eigenvalue weighted by Crippen LogP contribution is 2.54. The first-order chi connectivity index (χ1) is 67.7. The zero-order valence-electron chi connectivity index (χ0n) is 74.5. The fraction of sp³-hybridized carbons (Fsp3) is 0.0238. The number of fused-ring (bicyclic) bond motifs is 23. The molecule has 9 aromatic heterocycles. The van der Waals surface area contributed by atoms with Crippen molar-refractivity contribution in [3.05, 3.63) is 460 Å². The Balaban J connectivity index is 0.000000105. The average Bonchev–Trinajstić information content (AvgIpc) is 1.58. The van der Waals surface area contributed by atoms with Crippen molar-refractivity contribution in [3.8, 4) is 107 Å². The Labute approximate surface area is 800 Å². The van der Waals surface area contributed by atoms with Crippen molar-refractivity contribution in [2.45, 2.75) is 19.3 Å². The Hall–Kier alpha value is -16.9. The number of para-hydroxylation sites is 8. The number of thiophene rings is 3. The quantitative estimate of drug-likeness (QED) is 0.136. The highest BCUT2D eigenvalue weighted by molar-refractivity contribution is 7.27. The van der Waals surface area contributed by atoms with Crippen molar-refractivity contribution in [2.75, 3.05) is 0 Å². The second-order valence-electron chi connectivity index (χ2n) is 36.0. The van der Waals surface area contributed by atoms with Crippen LogP contribution >= 0.6 is 34.0 Å². The third kappa shape index (κ3) is 13.1. The molecule has 0 unspecified atom stereocenters. The highest BCUT2D eigenvalue weighted by Gasteiger charge is 2.39. The van der Waals surface area contributed by atoms with E-state index in [9.17, 15) is 0 Å². The SMILES string of the molecule is CC1(C)c2ccccc2-c2cccc(-c3nc(-c4ccccc4)nc(-c4cc(-n5c6ccccc6c6ccccc65)cc5c4sc4ccccc45)n3)c21.c1ccc(-c2cc(-c3cc(-n4c5ccccc5c5ccccc54)cc4c3sc3ccccc34)c3ccccc3n2)cc1.c1ccc(-c2cc(-c3cc(-n4c5ccccc5c5ccccc54)cc4c3sc3ccccc34)nc3ccccc23)cc1. The fourth-order valence-electron chi connectivity index (χ4n) is 21.7. The Morgan fingerprint density at radius 3 is 0.993 bits per heavy atom. The van der Waals surface area contributed by atoms with Gasteiger partial charge in [-0.25, -0.2) is 24.9 Å². The molecule has 0 radical (unpaired) electrons. The molecule has 1 aliphatic rings. The van der Waals surface area contributed by atoms with Gasteiger partial charge in [-0.1, -0.05) is 347 Å². The van der Waals surface area contributed by atoms with Crippen LogP contribution in [0.5, 0.6) is 0 Å². The molecule has 0 saturated carbocycles. The van der Waals surface area contributed by atoms with Gasteiger partial charge in [0.1, 0.15) is 0 Å². The van der Waals surface area contributed by atoms with E-state index < -0.39 is 0 Å². The van der Waals surface area contributed by atoms with Crippen LogP contribution < -0.4 is 0 Å². The van der Waals surface area contributed by atoms with Crippen LogP contribution in [0.1, 0.15) is 25.0 Å². The summed E-state index contributed by atoms with van der Waals surface area (Å²) in [4.78, 5) is 26.4. The maximum Gasteiger partial charge on any atom is 0.165 e. The van der Waals surface area contributed by atoms with E-state index in [1.54, 1.807) is 11.3 Å². The van der Waals surface area contributed by atoms with E-state index in [1.807, 2.05) is 40.9 Å². The third-order valence-electron chi connectivity index (χ3n) is 27.8. The summed E-state index contributed by atoms with van der Waals surface area (Å²) in [6.45, 7) is 4.63. The minimum Gasteiger partial charge on any atom is -0.309 e. The van der Waals surface area contributed by atoms with Crippen LogP contribution in [0.25, 0.3) is 255 Å². The molecule has 0 saturated heterocycles. The first kappa shape index (κ1) is 79.8. The summed E-state index contributed by atoms with van der Waals surface area (Å²) < 4.78 is 14.8. The average molecular weight is 1800 g/mol. The van der Waals surface area contributed by atoms with Gasteiger partial charge < -0.3 is 13.7 Å². The Morgan fingerprint density at radius 2 is 0.518 bits per heavy atom. The van der Waals surface area contributed by atoms with Gasteiger partial charge in [0.05, 0.1) is 55.5 Å². The number of rotatable bonds is 10. The molecular weight excluding hydrogens is 1720 g/mol. The molecular formula is C126H80N8S3. The Morgan fingerprint density at radius 1 is 0.197 bits per heavy atom. The van der Waals surface area contributed by atoms with Crippen LogP contribution in [0, 0.1) is 0 Å². The molecule has 0 N–H and O–H groups in total. The van der Waals surface area contributed by atoms with E-state index in [0.717, 1.165) is 71.7 Å². The number of benzene rings is 19. The van der Waals surface area contributed by atoms with Gasteiger partial charge in [-0.05, 0) is 154 Å². The number of nitrogens with zero attached hydrogens (tertiary/aromatic N) is 8. The second-order valence-corrected chi connectivity index (χ2v) is 39.1. The van der Waals surface area contributed by atoms with E-state index in [0.29, 0.717) is 17.5 Å². The first-order valence-electron chi connectivity index (χ1n) is 46.5. The maximum atomic E-state index is 5.45. The van der Waals surface area contributed by atoms with Gasteiger partial charge in [0, 0.05) is 159 Å². The van der Waals surface area contributed by atoms with Crippen LogP contribution in [-0.4, -0.2) is 38.6 Å². The molecule has 0 bridgehead atoms. The predicted molar refractivity (Wildman–Crippen MR) is 581 cm³/mol. The topological polar surface area (TPSA) is 79.2 Å². The normalized spacial score (nSPS) is 12.4. The number of pyridine rings is 2. The molecule has 0 atom stereocenters. The van der Waals surface area contributed by atoms with Crippen LogP contribution in [0.15, 0.2) is 449 Å². The van der Waals surface area contributed by atoms with Crippen molar-refractivity contribution in [1.29, 1.82) is 0 Å². The van der Waals surface area contributed by atoms with Crippen LogP contribution in [0.4, 0.5) is 0 Å². The molecule has 8 nitrogen and oxygen atoms in total. The van der Waals surface area contributed by atoms with Crippen molar-refractivity contribution in [2.24, 2.45) is 0 Å². The molecule has 0 spiro atoms. The monoisotopic (exact) mass is 1800 g/mol. The van der Waals surface area contributed by atoms with Crippen LogP contribution in [0.2, 0.25) is 0 Å². The summed E-state index contributed by atoms with van der Waals surface area (Å²) in [7, 11) is 0. The molecule has 29 rings (SSSR count). The van der Waals surface area contributed by atoms with Crippen LogP contribution in [0.3, 0.4) is 0 Å². The Bertz CT molecular complexity index is 9630. The zero-order chi connectivity index (χ0) is 90.5. The Kier molecular flexibility index (Phi) is 18.7. The predicted octanol–water partition coefficient (Wildman–Crippen LogP) is 34.7. The van der Waals surface area contributed by atoms with Gasteiger partial charge in [0.25, 0.3) is 0 Å². The lowest BCUT2D eigenvalue weighted by molar-refractivity contribution is 0.661. The molecule has 19 aromatic carbocycles. The molecule has 0 fully saturated rings. The molecule has 1 aliphatic carbocycles. The lowest BCUT2D eigenvalue weighted by Gasteiger charge is -2.24. The van der Waals surface area contributed by atoms with Crippen molar-refractivity contribution < 1.29 is 0 Å². The molecule has 9 heterocycles. The minimum absolute atomic E-state index is 0.225. The van der Waals surface area contributed by atoms with E-state index in [-0.39, 0.29) is 5.41 Å². The summed E-state index contributed by atoms with van der Waals surface area (Å²) in [5, 5.41) is 17.4. The maximum absolute atomic E-state index is 5.45. The van der Waals surface area contributed by atoms with Crippen LogP contribution in [-0.2, 0) is 5.41 Å². The summed E-state index contributed by atoms with van der Waals surface area (Å²) >= 11 is 5.53. The largest absolute Gasteiger partial charge is 0.309 e. The summed E-state index contributed by atoms with van der Waals surface area (Å²) in [5.41, 5.74) is 29.6. The summed E-state index contributed by atoms with van der Waals surface area (Å²) in [6, 6.07) is 161. The minimum atomic E-state index is -0.225. The summed E-state index contributed by atoms with van der Waals surface area (Å²) in [6.07, 6.45) is 0. The number of hydrogen-bond acceptors (Lipinski definition) is 8. The van der Waals surface area contributed by atoms with E-state index in [2.05, 4.69) is 458 Å². The van der Waals surface area contributed by atoms with Gasteiger partial charge in [0.15, 0.2) is 17.5 Å². The zero-order valence-corrected chi connectivity index (χ0v) is 77.0. The lowest BCUT2D eigenvalue weighted by atomic mass is 9.80. The van der Waals surface area contributed by atoms with E-state index in [1.165, 1.54) is 177 Å². The van der Waals surface area contributed by atoms with Gasteiger partial charge in [0.2, 0.25) is 0 Å². The molecule has 642 valence electrons. The van der Waals surface area contributed by atoms with Crippen molar-refractivity contribution in [1.82, 2.24) is 38.6 Å². The van der Waals surface area contributed by atoms with E-state index >= 15 is 0 Å². The fourth-order valence-corrected chi connectivity index (χ4v) is 25.3. The van der Waals surface area contributed by atoms with Crippen molar-refractivity contribution >= 4 is 182 Å². The third-order valence-corrected chi connectivity index (χ3v) is 31.4. The van der Waals surface area contributed by atoms with Gasteiger partial charge in [-0.3, -0.25) is 0 Å². The molecule has 0 amide bonds. The molecule has 137 heavy (non-hydrogen) atoms. The smallest absolute Gasteiger partial charge is 0.165 e. The van der Waals surface area contributed by atoms with Gasteiger partial charge >= 0.3 is 0 Å². The molecule has 0 aliphatic heterocycles. The van der Waals surface area contributed by atoms with Gasteiger partial charge in [-0.15, -0.1) is 34.0 Å². The van der Waals surface area contributed by atoms with E-state index in [4.69, 9.17) is 24.9 Å². The molecule has 28 aromatic rings. The van der Waals surface area contributed by atoms with Gasteiger partial charge in [-0.2, -0.15) is 0 Å². The number of hydrogen-bond donors (Lipinski definition) is 0. The lowest BCUT2D eigenvalue weighted by Crippen LogP contribution is -2.17. The summed E-state index contributed by atoms with van der Waals surface area (Å²) in [5.74, 6) is 2.01.